The lowest BCUT2D eigenvalue weighted by atomic mass is 10.2. The Bertz CT molecular complexity index is 640. The van der Waals surface area contributed by atoms with Gasteiger partial charge in [-0.2, -0.15) is 5.10 Å². The predicted octanol–water partition coefficient (Wildman–Crippen LogP) is 1.22. The van der Waals surface area contributed by atoms with E-state index in [1.807, 2.05) is 36.9 Å². The zero-order valence-corrected chi connectivity index (χ0v) is 12.6. The van der Waals surface area contributed by atoms with Crippen LogP contribution >= 0.6 is 0 Å². The number of aryl methyl sites for hydroxylation is 2. The van der Waals surface area contributed by atoms with E-state index in [0.29, 0.717) is 0 Å². The monoisotopic (exact) mass is 286 g/mol. The van der Waals surface area contributed by atoms with Crippen molar-refractivity contribution in [2.75, 3.05) is 47.4 Å². The molecule has 1 aliphatic rings. The average Bonchev–Trinajstić information content (AvgIpc) is 2.72. The minimum atomic E-state index is 0.787. The molecule has 112 valence electrons. The molecule has 0 spiro atoms. The highest BCUT2D eigenvalue weighted by atomic mass is 15.4. The van der Waals surface area contributed by atoms with E-state index in [0.717, 1.165) is 49.1 Å². The molecule has 1 aromatic heterocycles. The minimum absolute atomic E-state index is 0.787. The summed E-state index contributed by atoms with van der Waals surface area (Å²) in [6, 6.07) is 8.05. The van der Waals surface area contributed by atoms with Gasteiger partial charge in [0.15, 0.2) is 5.82 Å². The maximum atomic E-state index is 6.14. The van der Waals surface area contributed by atoms with Gasteiger partial charge in [-0.1, -0.05) is 6.07 Å². The first-order valence-corrected chi connectivity index (χ1v) is 7.21. The van der Waals surface area contributed by atoms with Crippen molar-refractivity contribution in [1.82, 2.24) is 9.78 Å². The fourth-order valence-electron chi connectivity index (χ4n) is 2.94. The molecule has 0 amide bonds. The van der Waals surface area contributed by atoms with Crippen LogP contribution in [0.25, 0.3) is 0 Å². The van der Waals surface area contributed by atoms with E-state index in [1.165, 1.54) is 5.69 Å². The third-order valence-corrected chi connectivity index (χ3v) is 4.05. The van der Waals surface area contributed by atoms with Gasteiger partial charge in [-0.3, -0.25) is 4.68 Å². The topological polar surface area (TPSA) is 76.3 Å². The Morgan fingerprint density at radius 3 is 2.29 bits per heavy atom. The van der Waals surface area contributed by atoms with Gasteiger partial charge in [0.05, 0.1) is 11.4 Å². The number of nitrogen functional groups attached to an aromatic ring is 2. The van der Waals surface area contributed by atoms with Gasteiger partial charge in [0, 0.05) is 44.6 Å². The predicted molar refractivity (Wildman–Crippen MR) is 87.6 cm³/mol. The van der Waals surface area contributed by atoms with Gasteiger partial charge in [-0.15, -0.1) is 0 Å². The first kappa shape index (κ1) is 13.6. The Labute approximate surface area is 124 Å². The zero-order chi connectivity index (χ0) is 15.0. The van der Waals surface area contributed by atoms with Crippen molar-refractivity contribution in [3.63, 3.8) is 0 Å². The second-order valence-corrected chi connectivity index (χ2v) is 5.52. The third-order valence-electron chi connectivity index (χ3n) is 4.05. The molecule has 1 aliphatic heterocycles. The van der Waals surface area contributed by atoms with E-state index in [-0.39, 0.29) is 0 Å². The van der Waals surface area contributed by atoms with E-state index < -0.39 is 0 Å². The summed E-state index contributed by atoms with van der Waals surface area (Å²) in [4.78, 5) is 4.66. The van der Waals surface area contributed by atoms with E-state index in [9.17, 15) is 0 Å². The number of nitrogens with zero attached hydrogens (tertiary/aromatic N) is 4. The fraction of sp³-hybridized carbons (Fsp3) is 0.400. The van der Waals surface area contributed by atoms with Crippen molar-refractivity contribution in [3.05, 3.63) is 30.0 Å². The quantitative estimate of drug-likeness (QED) is 0.812. The van der Waals surface area contributed by atoms with Crippen molar-refractivity contribution in [2.24, 2.45) is 7.05 Å². The molecular weight excluding hydrogens is 264 g/mol. The maximum Gasteiger partial charge on any atom is 0.150 e. The molecule has 0 radical (unpaired) electrons. The lowest BCUT2D eigenvalue weighted by Crippen LogP contribution is -2.47. The summed E-state index contributed by atoms with van der Waals surface area (Å²) in [7, 11) is 1.95. The van der Waals surface area contributed by atoms with Crippen LogP contribution in [-0.4, -0.2) is 36.0 Å². The van der Waals surface area contributed by atoms with Crippen molar-refractivity contribution >= 4 is 22.9 Å². The number of benzene rings is 1. The van der Waals surface area contributed by atoms with Crippen LogP contribution in [0.3, 0.4) is 0 Å². The van der Waals surface area contributed by atoms with Crippen LogP contribution in [0.5, 0.6) is 0 Å². The summed E-state index contributed by atoms with van der Waals surface area (Å²) in [5.74, 6) is 1.03. The fourth-order valence-corrected chi connectivity index (χ4v) is 2.94. The molecule has 0 atom stereocenters. The lowest BCUT2D eigenvalue weighted by Gasteiger charge is -2.37. The number of aromatic nitrogens is 2. The van der Waals surface area contributed by atoms with Crippen LogP contribution in [0.4, 0.5) is 22.9 Å². The van der Waals surface area contributed by atoms with Crippen molar-refractivity contribution < 1.29 is 0 Å². The van der Waals surface area contributed by atoms with Crippen LogP contribution in [0.2, 0.25) is 0 Å². The van der Waals surface area contributed by atoms with Gasteiger partial charge in [0.1, 0.15) is 0 Å². The molecule has 21 heavy (non-hydrogen) atoms. The largest absolute Gasteiger partial charge is 0.399 e. The van der Waals surface area contributed by atoms with Gasteiger partial charge in [0.2, 0.25) is 0 Å². The Morgan fingerprint density at radius 1 is 1.05 bits per heavy atom. The first-order valence-electron chi connectivity index (χ1n) is 7.21. The lowest BCUT2D eigenvalue weighted by molar-refractivity contribution is 0.624. The summed E-state index contributed by atoms with van der Waals surface area (Å²) < 4.78 is 1.88. The molecule has 1 aromatic carbocycles. The van der Waals surface area contributed by atoms with Crippen LogP contribution in [0, 0.1) is 6.92 Å². The summed E-state index contributed by atoms with van der Waals surface area (Å²) in [6.07, 6.45) is 0. The molecule has 4 N–H and O–H groups in total. The van der Waals surface area contributed by atoms with Crippen LogP contribution in [-0.2, 0) is 7.05 Å². The number of hydrogen-bond acceptors (Lipinski definition) is 5. The van der Waals surface area contributed by atoms with Crippen LogP contribution in [0.15, 0.2) is 24.3 Å². The molecule has 6 nitrogen and oxygen atoms in total. The SMILES string of the molecule is Cc1nn(C)c(N2CCN(c3cccc(N)c3)CC2)c1N. The molecule has 1 saturated heterocycles. The number of nitrogens with two attached hydrogens (primary N) is 2. The molecule has 0 aliphatic carbocycles. The van der Waals surface area contributed by atoms with E-state index in [1.54, 1.807) is 0 Å². The van der Waals surface area contributed by atoms with Gasteiger partial charge in [0.25, 0.3) is 0 Å². The van der Waals surface area contributed by atoms with Gasteiger partial charge in [-0.25, -0.2) is 0 Å². The van der Waals surface area contributed by atoms with Crippen LogP contribution in [0.1, 0.15) is 5.69 Å². The summed E-state index contributed by atoms with van der Waals surface area (Å²) >= 11 is 0. The first-order chi connectivity index (χ1) is 10.1. The molecule has 0 saturated carbocycles. The molecule has 0 unspecified atom stereocenters. The van der Waals surface area contributed by atoms with Gasteiger partial charge in [-0.05, 0) is 25.1 Å². The minimum Gasteiger partial charge on any atom is -0.399 e. The Kier molecular flexibility index (Phi) is 3.37. The molecule has 2 aromatic rings. The second-order valence-electron chi connectivity index (χ2n) is 5.52. The third kappa shape index (κ3) is 2.49. The van der Waals surface area contributed by atoms with Crippen molar-refractivity contribution in [1.29, 1.82) is 0 Å². The van der Waals surface area contributed by atoms with E-state index in [4.69, 9.17) is 11.5 Å². The van der Waals surface area contributed by atoms with Crippen LogP contribution < -0.4 is 21.3 Å². The highest BCUT2D eigenvalue weighted by Gasteiger charge is 2.22. The smallest absolute Gasteiger partial charge is 0.150 e. The summed E-state index contributed by atoms with van der Waals surface area (Å²) in [6.45, 7) is 5.71. The zero-order valence-electron chi connectivity index (χ0n) is 12.6. The molecule has 2 heterocycles. The Hall–Kier alpha value is -2.37. The molecule has 0 bridgehead atoms. The van der Waals surface area contributed by atoms with Crippen molar-refractivity contribution in [2.45, 2.75) is 6.92 Å². The molecular formula is C15H22N6. The second kappa shape index (κ2) is 5.20. The van der Waals surface area contributed by atoms with Gasteiger partial charge >= 0.3 is 0 Å². The number of anilines is 4. The Balaban J connectivity index is 1.73. The normalized spacial score (nSPS) is 15.5. The highest BCUT2D eigenvalue weighted by Crippen LogP contribution is 2.27. The Morgan fingerprint density at radius 2 is 1.71 bits per heavy atom. The summed E-state index contributed by atoms with van der Waals surface area (Å²) in [5, 5.41) is 4.39. The number of hydrogen-bond donors (Lipinski definition) is 2. The van der Waals surface area contributed by atoms with E-state index in [2.05, 4.69) is 21.0 Å². The standard InChI is InChI=1S/C15H22N6/c1-11-14(17)15(19(2)18-11)21-8-6-20(7-9-21)13-5-3-4-12(16)10-13/h3-5,10H,6-9,16-17H2,1-2H3. The maximum absolute atomic E-state index is 6.14. The molecule has 6 heteroatoms. The highest BCUT2D eigenvalue weighted by molar-refractivity contribution is 5.67. The van der Waals surface area contributed by atoms with Crippen molar-refractivity contribution in [3.8, 4) is 0 Å². The molecule has 1 fully saturated rings. The average molecular weight is 286 g/mol. The van der Waals surface area contributed by atoms with Gasteiger partial charge < -0.3 is 21.3 Å². The van der Waals surface area contributed by atoms with E-state index >= 15 is 0 Å². The molecule has 3 rings (SSSR count). The summed E-state index contributed by atoms with van der Waals surface area (Å²) in [5.41, 5.74) is 15.7. The number of piperazine rings is 1. The number of rotatable bonds is 2.